The number of carbonyl (C=O) groups excluding carboxylic acids is 1. The molecule has 0 saturated carbocycles. The van der Waals surface area contributed by atoms with Crippen molar-refractivity contribution < 1.29 is 26.8 Å². The summed E-state index contributed by atoms with van der Waals surface area (Å²) in [7, 11) is 0.309. The molecule has 10 nitrogen and oxygen atoms in total. The highest BCUT2D eigenvalue weighted by atomic mass is 79.9. The number of anilines is 1. The van der Waals surface area contributed by atoms with Crippen LogP contribution in [0.2, 0.25) is 0 Å². The molecule has 0 bridgehead atoms. The topological polar surface area (TPSA) is 144 Å². The number of rotatable bonds is 7. The van der Waals surface area contributed by atoms with Crippen LogP contribution in [0.25, 0.3) is 11.0 Å². The molecule has 184 valence electrons. The van der Waals surface area contributed by atoms with Crippen molar-refractivity contribution in [3.8, 4) is 5.75 Å². The molecule has 0 unspecified atom stereocenters. The van der Waals surface area contributed by atoms with Crippen LogP contribution in [0.3, 0.4) is 0 Å². The number of nitrogens with two attached hydrogens (primary N) is 1. The zero-order valence-electron chi connectivity index (χ0n) is 18.5. The molecule has 34 heavy (non-hydrogen) atoms. The van der Waals surface area contributed by atoms with Crippen molar-refractivity contribution in [1.29, 1.82) is 0 Å². The van der Waals surface area contributed by atoms with Gasteiger partial charge in [-0.2, -0.15) is 8.42 Å². The van der Waals surface area contributed by atoms with Crippen molar-refractivity contribution in [1.82, 2.24) is 9.62 Å². The number of ether oxygens (including phenoxy) is 1. The van der Waals surface area contributed by atoms with Crippen LogP contribution in [0.4, 0.5) is 14.9 Å². The molecule has 0 aliphatic heterocycles. The zero-order chi connectivity index (χ0) is 24.3. The van der Waals surface area contributed by atoms with Gasteiger partial charge in [0.15, 0.2) is 5.82 Å². The van der Waals surface area contributed by atoms with Gasteiger partial charge < -0.3 is 19.8 Å². The van der Waals surface area contributed by atoms with Crippen LogP contribution in [0.15, 0.2) is 45.6 Å². The molecular formula is C21H24BrFN4O6S. The Bertz CT molecular complexity index is 1380. The molecule has 0 saturated heterocycles. The summed E-state index contributed by atoms with van der Waals surface area (Å²) in [5, 5.41) is 0.504. The molecule has 0 fully saturated rings. The highest BCUT2D eigenvalue weighted by molar-refractivity contribution is 8.93. The first-order valence-electron chi connectivity index (χ1n) is 9.72. The Balaban J connectivity index is 0.00000408. The molecule has 0 spiro atoms. The maximum Gasteiger partial charge on any atom is 0.414 e. The molecular weight excluding hydrogens is 535 g/mol. The fourth-order valence-electron chi connectivity index (χ4n) is 3.13. The first-order valence-corrected chi connectivity index (χ1v) is 11.2. The fraction of sp³-hybridized carbons (Fsp3) is 0.238. The second-order valence-corrected chi connectivity index (χ2v) is 8.86. The predicted octanol–water partition coefficient (Wildman–Crippen LogP) is 2.50. The molecule has 0 aliphatic rings. The number of hydrogen-bond acceptors (Lipinski definition) is 7. The minimum absolute atomic E-state index is 0. The third-order valence-electron chi connectivity index (χ3n) is 4.82. The molecule has 1 aromatic heterocycles. The summed E-state index contributed by atoms with van der Waals surface area (Å²) in [6.45, 7) is -0.0397. The van der Waals surface area contributed by atoms with E-state index in [1.54, 1.807) is 6.07 Å². The third-order valence-corrected chi connectivity index (χ3v) is 5.85. The maximum absolute atomic E-state index is 15.0. The van der Waals surface area contributed by atoms with E-state index in [-0.39, 0.29) is 58.1 Å². The highest BCUT2D eigenvalue weighted by Gasteiger charge is 2.19. The maximum atomic E-state index is 15.0. The Hall–Kier alpha value is -3.00. The van der Waals surface area contributed by atoms with E-state index >= 15 is 0 Å². The molecule has 4 N–H and O–H groups in total. The van der Waals surface area contributed by atoms with Crippen molar-refractivity contribution in [2.45, 2.75) is 13.0 Å². The molecule has 0 atom stereocenters. The first kappa shape index (κ1) is 27.2. The third kappa shape index (κ3) is 5.91. The van der Waals surface area contributed by atoms with E-state index in [9.17, 15) is 22.4 Å². The van der Waals surface area contributed by atoms with Gasteiger partial charge >= 0.3 is 11.7 Å². The Labute approximate surface area is 205 Å². The minimum atomic E-state index is -3.93. The van der Waals surface area contributed by atoms with Gasteiger partial charge in [0, 0.05) is 51.1 Å². The lowest BCUT2D eigenvalue weighted by Crippen LogP contribution is -2.27. The summed E-state index contributed by atoms with van der Waals surface area (Å²) in [5.74, 6) is -0.652. The van der Waals surface area contributed by atoms with Gasteiger partial charge in [0.05, 0.1) is 5.69 Å². The van der Waals surface area contributed by atoms with Gasteiger partial charge in [0.25, 0.3) is 10.2 Å². The van der Waals surface area contributed by atoms with Crippen LogP contribution < -0.4 is 25.5 Å². The molecule has 2 aromatic carbocycles. The highest BCUT2D eigenvalue weighted by Crippen LogP contribution is 2.27. The van der Waals surface area contributed by atoms with Gasteiger partial charge in [-0.1, -0.05) is 12.1 Å². The van der Waals surface area contributed by atoms with E-state index < -0.39 is 27.7 Å². The molecule has 3 rings (SSSR count). The van der Waals surface area contributed by atoms with E-state index in [0.717, 1.165) is 0 Å². The van der Waals surface area contributed by atoms with Crippen molar-refractivity contribution in [3.63, 3.8) is 0 Å². The number of hydrogen-bond donors (Lipinski definition) is 3. The lowest BCUT2D eigenvalue weighted by molar-refractivity contribution is 0.172. The Morgan fingerprint density at radius 3 is 2.53 bits per heavy atom. The standard InChI is InChI=1S/C21H23FN4O6S.BrH/c1-24-33(29,30)25-17-6-4-5-12(19(17)22)9-15-16(11-23)14-8-7-13(31-21(28)26(2)3)10-18(14)32-20(15)27;/h4-8,10,24-25H,9,11,23H2,1-3H3;1H. The van der Waals surface area contributed by atoms with Gasteiger partial charge in [-0.3, -0.25) is 4.72 Å². The normalized spacial score (nSPS) is 11.1. The van der Waals surface area contributed by atoms with Gasteiger partial charge in [-0.05, 0) is 29.3 Å². The average molecular weight is 559 g/mol. The SMILES string of the molecule is Br.CNS(=O)(=O)Nc1cccc(Cc2c(CN)c3ccc(OC(=O)N(C)C)cc3oc2=O)c1F. The lowest BCUT2D eigenvalue weighted by atomic mass is 9.98. The summed E-state index contributed by atoms with van der Waals surface area (Å²) < 4.78 is 53.1. The summed E-state index contributed by atoms with van der Waals surface area (Å²) in [6.07, 6.45) is -0.778. The Morgan fingerprint density at radius 1 is 1.21 bits per heavy atom. The summed E-state index contributed by atoms with van der Waals surface area (Å²) >= 11 is 0. The van der Waals surface area contributed by atoms with Crippen molar-refractivity contribution >= 4 is 49.9 Å². The van der Waals surface area contributed by atoms with Crippen molar-refractivity contribution in [2.24, 2.45) is 5.73 Å². The summed E-state index contributed by atoms with van der Waals surface area (Å²) in [4.78, 5) is 25.8. The lowest BCUT2D eigenvalue weighted by Gasteiger charge is -2.14. The van der Waals surface area contributed by atoms with Crippen molar-refractivity contribution in [3.05, 3.63) is 69.3 Å². The quantitative estimate of drug-likeness (QED) is 0.378. The predicted molar refractivity (Wildman–Crippen MR) is 131 cm³/mol. The molecule has 0 aliphatic carbocycles. The summed E-state index contributed by atoms with van der Waals surface area (Å²) in [6, 6.07) is 8.67. The number of nitrogens with zero attached hydrogens (tertiary/aromatic N) is 1. The number of carbonyl (C=O) groups is 1. The van der Waals surface area contributed by atoms with Crippen LogP contribution in [0.1, 0.15) is 16.7 Å². The van der Waals surface area contributed by atoms with E-state index in [2.05, 4.69) is 4.72 Å². The summed E-state index contributed by atoms with van der Waals surface area (Å²) in [5.41, 5.74) is 5.70. The monoisotopic (exact) mass is 558 g/mol. The van der Waals surface area contributed by atoms with Crippen LogP contribution >= 0.6 is 17.0 Å². The zero-order valence-corrected chi connectivity index (χ0v) is 21.1. The molecule has 1 heterocycles. The van der Waals surface area contributed by atoms with Gasteiger partial charge in [0.1, 0.15) is 11.3 Å². The number of fused-ring (bicyclic) bond motifs is 1. The van der Waals surface area contributed by atoms with E-state index in [0.29, 0.717) is 10.9 Å². The fourth-order valence-corrected chi connectivity index (χ4v) is 3.68. The molecule has 3 aromatic rings. The second kappa shape index (κ2) is 11.0. The van der Waals surface area contributed by atoms with Crippen LogP contribution in [0, 0.1) is 5.82 Å². The molecule has 13 heteroatoms. The van der Waals surface area contributed by atoms with Gasteiger partial charge in [0.2, 0.25) is 0 Å². The Kier molecular flexibility index (Phi) is 8.78. The van der Waals surface area contributed by atoms with Crippen LogP contribution in [-0.2, 0) is 23.2 Å². The van der Waals surface area contributed by atoms with Gasteiger partial charge in [-0.15, -0.1) is 17.0 Å². The smallest absolute Gasteiger partial charge is 0.414 e. The number of halogens is 2. The number of amides is 1. The first-order chi connectivity index (χ1) is 15.6. The van der Waals surface area contributed by atoms with E-state index in [4.69, 9.17) is 14.9 Å². The Morgan fingerprint density at radius 2 is 1.91 bits per heavy atom. The van der Waals surface area contributed by atoms with Crippen LogP contribution in [-0.4, -0.2) is 40.6 Å². The average Bonchev–Trinajstić information content (AvgIpc) is 2.76. The number of benzene rings is 2. The molecule has 0 radical (unpaired) electrons. The van der Waals surface area contributed by atoms with E-state index in [1.807, 2.05) is 4.72 Å². The van der Waals surface area contributed by atoms with Crippen molar-refractivity contribution in [2.75, 3.05) is 25.9 Å². The van der Waals surface area contributed by atoms with Gasteiger partial charge in [-0.25, -0.2) is 18.7 Å². The largest absolute Gasteiger partial charge is 0.422 e. The second-order valence-electron chi connectivity index (χ2n) is 7.24. The molecule has 1 amide bonds. The van der Waals surface area contributed by atoms with Crippen LogP contribution in [0.5, 0.6) is 5.75 Å². The number of nitrogens with one attached hydrogen (secondary N) is 2. The van der Waals surface area contributed by atoms with E-state index in [1.165, 1.54) is 56.4 Å². The minimum Gasteiger partial charge on any atom is -0.422 e.